The number of amides is 1. The number of carboxylic acid groups (broad SMARTS) is 1. The van der Waals surface area contributed by atoms with Gasteiger partial charge in [0.05, 0.1) is 6.04 Å². The largest absolute Gasteiger partial charge is 0.480 e. The fourth-order valence-corrected chi connectivity index (χ4v) is 1.67. The molecule has 1 heterocycles. The summed E-state index contributed by atoms with van der Waals surface area (Å²) < 4.78 is 0. The van der Waals surface area contributed by atoms with Gasteiger partial charge in [-0.05, 0) is 19.3 Å². The van der Waals surface area contributed by atoms with Gasteiger partial charge in [-0.3, -0.25) is 4.79 Å². The number of hydrogen-bond donors (Lipinski definition) is 2. The fraction of sp³-hybridized carbons (Fsp3) is 0.778. The molecule has 0 bridgehead atoms. The Kier molecular flexibility index (Phi) is 3.46. The molecular weight excluding hydrogens is 184 g/mol. The Bertz CT molecular complexity index is 242. The summed E-state index contributed by atoms with van der Waals surface area (Å²) in [7, 11) is 0. The quantitative estimate of drug-likeness (QED) is 0.660. The smallest absolute Gasteiger partial charge is 0.326 e. The average molecular weight is 200 g/mol. The maximum Gasteiger partial charge on any atom is 0.326 e. The summed E-state index contributed by atoms with van der Waals surface area (Å²) in [5.41, 5.74) is 5.57. The first kappa shape index (κ1) is 11.0. The minimum Gasteiger partial charge on any atom is -0.480 e. The monoisotopic (exact) mass is 200 g/mol. The van der Waals surface area contributed by atoms with Gasteiger partial charge in [-0.2, -0.15) is 0 Å². The molecule has 0 aromatic heterocycles. The summed E-state index contributed by atoms with van der Waals surface area (Å²) in [5.74, 6) is -1.17. The Hall–Kier alpha value is -1.10. The predicted molar refractivity (Wildman–Crippen MR) is 50.6 cm³/mol. The van der Waals surface area contributed by atoms with E-state index < -0.39 is 18.1 Å². The van der Waals surface area contributed by atoms with Crippen LogP contribution in [0.15, 0.2) is 0 Å². The van der Waals surface area contributed by atoms with E-state index in [-0.39, 0.29) is 5.91 Å². The van der Waals surface area contributed by atoms with Crippen molar-refractivity contribution >= 4 is 11.9 Å². The molecule has 3 N–H and O–H groups in total. The van der Waals surface area contributed by atoms with E-state index in [4.69, 9.17) is 10.8 Å². The molecule has 1 aliphatic rings. The molecule has 0 radical (unpaired) electrons. The number of nitrogens with zero attached hydrogens (tertiary/aromatic N) is 1. The molecule has 1 aliphatic heterocycles. The molecule has 1 saturated heterocycles. The van der Waals surface area contributed by atoms with Crippen LogP contribution in [0.2, 0.25) is 0 Å². The van der Waals surface area contributed by atoms with Gasteiger partial charge in [-0.25, -0.2) is 4.79 Å². The second-order valence-electron chi connectivity index (χ2n) is 3.54. The second-order valence-corrected chi connectivity index (χ2v) is 3.54. The van der Waals surface area contributed by atoms with E-state index in [1.54, 1.807) is 0 Å². The highest BCUT2D eigenvalue weighted by Crippen LogP contribution is 2.18. The van der Waals surface area contributed by atoms with E-state index >= 15 is 0 Å². The van der Waals surface area contributed by atoms with Crippen LogP contribution in [0.1, 0.15) is 26.2 Å². The molecule has 80 valence electrons. The lowest BCUT2D eigenvalue weighted by Crippen LogP contribution is -2.48. The highest BCUT2D eigenvalue weighted by atomic mass is 16.4. The minimum atomic E-state index is -0.931. The molecule has 1 amide bonds. The van der Waals surface area contributed by atoms with Crippen LogP contribution in [0, 0.1) is 0 Å². The van der Waals surface area contributed by atoms with E-state index in [2.05, 4.69) is 0 Å². The van der Waals surface area contributed by atoms with Gasteiger partial charge in [0.2, 0.25) is 5.91 Å². The van der Waals surface area contributed by atoms with E-state index in [9.17, 15) is 9.59 Å². The third kappa shape index (κ3) is 2.04. The van der Waals surface area contributed by atoms with Gasteiger partial charge in [0.25, 0.3) is 0 Å². The molecule has 1 rings (SSSR count). The summed E-state index contributed by atoms with van der Waals surface area (Å²) in [5, 5.41) is 8.85. The number of aliphatic carboxylic acids is 1. The Morgan fingerprint density at radius 1 is 1.64 bits per heavy atom. The average Bonchev–Trinajstić information content (AvgIpc) is 2.63. The lowest BCUT2D eigenvalue weighted by Gasteiger charge is -2.24. The van der Waals surface area contributed by atoms with Crippen LogP contribution >= 0.6 is 0 Å². The first-order valence-corrected chi connectivity index (χ1v) is 4.86. The standard InChI is InChI=1S/C9H16N2O3/c1-2-6(10)8(12)11-5-3-4-7(11)9(13)14/h6-7H,2-5,10H2,1H3,(H,13,14)/t6-,7+/m1/s1. The van der Waals surface area contributed by atoms with Gasteiger partial charge in [-0.1, -0.05) is 6.92 Å². The first-order valence-electron chi connectivity index (χ1n) is 4.86. The number of carbonyl (C=O) groups is 2. The van der Waals surface area contributed by atoms with Crippen LogP contribution in [-0.2, 0) is 9.59 Å². The third-order valence-electron chi connectivity index (χ3n) is 2.58. The van der Waals surface area contributed by atoms with Gasteiger partial charge in [-0.15, -0.1) is 0 Å². The predicted octanol–water partition coefficient (Wildman–Crippen LogP) is -0.201. The van der Waals surface area contributed by atoms with Crippen LogP contribution in [0.4, 0.5) is 0 Å². The zero-order chi connectivity index (χ0) is 10.7. The van der Waals surface area contributed by atoms with E-state index in [0.717, 1.165) is 6.42 Å². The summed E-state index contributed by atoms with van der Waals surface area (Å²) >= 11 is 0. The maximum atomic E-state index is 11.6. The Labute approximate surface area is 82.9 Å². The number of nitrogens with two attached hydrogens (primary N) is 1. The van der Waals surface area contributed by atoms with Crippen molar-refractivity contribution in [2.75, 3.05) is 6.54 Å². The third-order valence-corrected chi connectivity index (χ3v) is 2.58. The Morgan fingerprint density at radius 2 is 2.29 bits per heavy atom. The molecule has 0 aromatic rings. The molecular formula is C9H16N2O3. The highest BCUT2D eigenvalue weighted by molar-refractivity contribution is 5.87. The second kappa shape index (κ2) is 4.41. The topological polar surface area (TPSA) is 83.6 Å². The van der Waals surface area contributed by atoms with Gasteiger partial charge >= 0.3 is 5.97 Å². The van der Waals surface area contributed by atoms with Crippen molar-refractivity contribution in [1.82, 2.24) is 4.90 Å². The van der Waals surface area contributed by atoms with Gasteiger partial charge in [0.1, 0.15) is 6.04 Å². The van der Waals surface area contributed by atoms with Gasteiger partial charge < -0.3 is 15.7 Å². The lowest BCUT2D eigenvalue weighted by molar-refractivity contribution is -0.148. The number of carboxylic acids is 1. The first-order chi connectivity index (χ1) is 6.57. The molecule has 2 atom stereocenters. The van der Waals surface area contributed by atoms with Crippen LogP contribution < -0.4 is 5.73 Å². The van der Waals surface area contributed by atoms with Crippen molar-refractivity contribution in [1.29, 1.82) is 0 Å². The summed E-state index contributed by atoms with van der Waals surface area (Å²) in [6.45, 7) is 2.33. The molecule has 0 saturated carbocycles. The summed E-state index contributed by atoms with van der Waals surface area (Å²) in [6.07, 6.45) is 1.83. The minimum absolute atomic E-state index is 0.239. The number of hydrogen-bond acceptors (Lipinski definition) is 3. The number of rotatable bonds is 3. The van der Waals surface area contributed by atoms with Crippen molar-refractivity contribution in [2.45, 2.75) is 38.3 Å². The van der Waals surface area contributed by atoms with E-state index in [0.29, 0.717) is 19.4 Å². The van der Waals surface area contributed by atoms with Crippen LogP contribution in [-0.4, -0.2) is 40.5 Å². The van der Waals surface area contributed by atoms with Crippen molar-refractivity contribution in [2.24, 2.45) is 5.73 Å². The highest BCUT2D eigenvalue weighted by Gasteiger charge is 2.35. The Morgan fingerprint density at radius 3 is 2.79 bits per heavy atom. The summed E-state index contributed by atoms with van der Waals surface area (Å²) in [6, 6.07) is -1.23. The van der Waals surface area contributed by atoms with Gasteiger partial charge in [0, 0.05) is 6.54 Å². The van der Waals surface area contributed by atoms with Crippen molar-refractivity contribution in [3.8, 4) is 0 Å². The van der Waals surface area contributed by atoms with Gasteiger partial charge in [0.15, 0.2) is 0 Å². The Balaban J connectivity index is 2.67. The van der Waals surface area contributed by atoms with Crippen LogP contribution in [0.3, 0.4) is 0 Å². The lowest BCUT2D eigenvalue weighted by atomic mass is 10.2. The normalized spacial score (nSPS) is 23.6. The van der Waals surface area contributed by atoms with E-state index in [1.807, 2.05) is 6.92 Å². The number of likely N-dealkylation sites (tertiary alicyclic amines) is 1. The fourth-order valence-electron chi connectivity index (χ4n) is 1.67. The van der Waals surface area contributed by atoms with Crippen molar-refractivity contribution in [3.63, 3.8) is 0 Å². The molecule has 0 unspecified atom stereocenters. The van der Waals surface area contributed by atoms with E-state index in [1.165, 1.54) is 4.90 Å². The molecule has 5 heteroatoms. The molecule has 14 heavy (non-hydrogen) atoms. The van der Waals surface area contributed by atoms with Crippen molar-refractivity contribution in [3.05, 3.63) is 0 Å². The summed E-state index contributed by atoms with van der Waals surface area (Å²) in [4.78, 5) is 23.8. The van der Waals surface area contributed by atoms with Crippen LogP contribution in [0.5, 0.6) is 0 Å². The molecule has 5 nitrogen and oxygen atoms in total. The molecule has 1 fully saturated rings. The molecule has 0 spiro atoms. The zero-order valence-electron chi connectivity index (χ0n) is 8.27. The van der Waals surface area contributed by atoms with Crippen LogP contribution in [0.25, 0.3) is 0 Å². The maximum absolute atomic E-state index is 11.6. The van der Waals surface area contributed by atoms with Crippen molar-refractivity contribution < 1.29 is 14.7 Å². The SMILES string of the molecule is CC[C@@H](N)C(=O)N1CCC[C@H]1C(=O)O. The number of carbonyl (C=O) groups excluding carboxylic acids is 1. The zero-order valence-corrected chi connectivity index (χ0v) is 8.27. The molecule has 0 aliphatic carbocycles. The molecule has 0 aromatic carbocycles.